The lowest BCUT2D eigenvalue weighted by Crippen LogP contribution is -2.37. The molecule has 196 valence electrons. The van der Waals surface area contributed by atoms with Gasteiger partial charge in [-0.1, -0.05) is 68.7 Å². The number of unbranched alkanes of at least 4 members (excludes halogenated alkanes) is 3. The third-order valence-electron chi connectivity index (χ3n) is 5.50. The van der Waals surface area contributed by atoms with Crippen molar-refractivity contribution < 1.29 is 35.1 Å². The summed E-state index contributed by atoms with van der Waals surface area (Å²) < 4.78 is 11.0. The summed E-state index contributed by atoms with van der Waals surface area (Å²) in [4.78, 5) is 26.0. The number of ether oxygens (including phenoxy) is 2. The van der Waals surface area contributed by atoms with Crippen LogP contribution in [-0.4, -0.2) is 65.2 Å². The zero-order chi connectivity index (χ0) is 23.9. The number of amides is 1. The van der Waals surface area contributed by atoms with Crippen LogP contribution in [0.5, 0.6) is 5.75 Å². The van der Waals surface area contributed by atoms with Crippen LogP contribution in [0.1, 0.15) is 50.7 Å². The smallest absolute Gasteiger partial charge is 0.333 e. The second-order valence-electron chi connectivity index (χ2n) is 8.10. The van der Waals surface area contributed by atoms with Crippen molar-refractivity contribution in [1.29, 1.82) is 0 Å². The SMILES string of the molecule is CCCCCCN(CCc1ccccc1)C(=O)COc1ccc(C[C@H](OCC)C(=O)O)cc1.O.O. The van der Waals surface area contributed by atoms with Gasteiger partial charge in [-0.2, -0.15) is 0 Å². The van der Waals surface area contributed by atoms with Crippen molar-refractivity contribution in [2.75, 3.05) is 26.3 Å². The Kier molecular flexibility index (Phi) is 16.9. The van der Waals surface area contributed by atoms with Gasteiger partial charge in [0.15, 0.2) is 12.7 Å². The molecule has 0 heterocycles. The van der Waals surface area contributed by atoms with E-state index in [0.717, 1.165) is 37.8 Å². The van der Waals surface area contributed by atoms with Crippen molar-refractivity contribution in [1.82, 2.24) is 4.90 Å². The summed E-state index contributed by atoms with van der Waals surface area (Å²) >= 11 is 0. The Morgan fingerprint density at radius 2 is 1.57 bits per heavy atom. The molecule has 0 unspecified atom stereocenters. The van der Waals surface area contributed by atoms with Crippen LogP contribution >= 0.6 is 0 Å². The minimum Gasteiger partial charge on any atom is -0.484 e. The number of carboxylic acid groups (broad SMARTS) is 1. The first-order valence-corrected chi connectivity index (χ1v) is 11.9. The maximum atomic E-state index is 12.9. The minimum absolute atomic E-state index is 0. The third-order valence-corrected chi connectivity index (χ3v) is 5.50. The molecule has 1 atom stereocenters. The van der Waals surface area contributed by atoms with Crippen LogP contribution in [-0.2, 0) is 27.2 Å². The Bertz CT molecular complexity index is 827. The molecule has 0 fully saturated rings. The molecule has 2 aromatic carbocycles. The van der Waals surface area contributed by atoms with Gasteiger partial charge in [-0.25, -0.2) is 4.79 Å². The molecule has 2 aromatic rings. The van der Waals surface area contributed by atoms with Crippen molar-refractivity contribution in [2.45, 2.75) is 58.5 Å². The molecule has 0 aliphatic carbocycles. The van der Waals surface area contributed by atoms with E-state index >= 15 is 0 Å². The Balaban J connectivity index is 0.00000578. The van der Waals surface area contributed by atoms with E-state index in [1.54, 1.807) is 19.1 Å². The molecule has 8 nitrogen and oxygen atoms in total. The Morgan fingerprint density at radius 1 is 0.886 bits per heavy atom. The molecule has 0 aliphatic rings. The zero-order valence-electron chi connectivity index (χ0n) is 20.9. The van der Waals surface area contributed by atoms with Crippen LogP contribution in [0, 0.1) is 0 Å². The van der Waals surface area contributed by atoms with Crippen LogP contribution in [0.4, 0.5) is 0 Å². The average molecular weight is 492 g/mol. The van der Waals surface area contributed by atoms with Crippen molar-refractivity contribution in [2.24, 2.45) is 0 Å². The fourth-order valence-electron chi connectivity index (χ4n) is 3.59. The van der Waals surface area contributed by atoms with Gasteiger partial charge in [0.1, 0.15) is 5.75 Å². The van der Waals surface area contributed by atoms with Crippen LogP contribution < -0.4 is 4.74 Å². The summed E-state index contributed by atoms with van der Waals surface area (Å²) in [6.45, 7) is 5.69. The van der Waals surface area contributed by atoms with Crippen LogP contribution in [0.25, 0.3) is 0 Å². The molecule has 0 saturated heterocycles. The van der Waals surface area contributed by atoms with Gasteiger partial charge in [0.05, 0.1) is 0 Å². The molecular weight excluding hydrogens is 450 g/mol. The number of carboxylic acids is 1. The molecule has 0 bridgehead atoms. The first-order valence-electron chi connectivity index (χ1n) is 11.9. The fourth-order valence-corrected chi connectivity index (χ4v) is 3.59. The monoisotopic (exact) mass is 491 g/mol. The van der Waals surface area contributed by atoms with E-state index in [0.29, 0.717) is 18.9 Å². The number of benzene rings is 2. The van der Waals surface area contributed by atoms with Crippen molar-refractivity contribution in [3.05, 3.63) is 65.7 Å². The number of rotatable bonds is 16. The number of hydrogen-bond acceptors (Lipinski definition) is 4. The predicted octanol–water partition coefficient (Wildman–Crippen LogP) is 3.10. The van der Waals surface area contributed by atoms with E-state index < -0.39 is 12.1 Å². The highest BCUT2D eigenvalue weighted by Crippen LogP contribution is 2.15. The average Bonchev–Trinajstić information content (AvgIpc) is 2.83. The molecule has 35 heavy (non-hydrogen) atoms. The van der Waals surface area contributed by atoms with Gasteiger partial charge in [0.25, 0.3) is 5.91 Å². The summed E-state index contributed by atoms with van der Waals surface area (Å²) in [6.07, 6.45) is 4.69. The number of nitrogens with zero attached hydrogens (tertiary/aromatic N) is 1. The number of aliphatic carboxylic acids is 1. The van der Waals surface area contributed by atoms with E-state index in [2.05, 4.69) is 19.1 Å². The Labute approximate surface area is 208 Å². The first-order chi connectivity index (χ1) is 16.0. The second-order valence-corrected chi connectivity index (χ2v) is 8.10. The topological polar surface area (TPSA) is 139 Å². The van der Waals surface area contributed by atoms with Crippen LogP contribution in [0.3, 0.4) is 0 Å². The molecule has 0 radical (unpaired) electrons. The lowest BCUT2D eigenvalue weighted by molar-refractivity contribution is -0.150. The van der Waals surface area contributed by atoms with Crippen molar-refractivity contribution in [3.8, 4) is 5.75 Å². The summed E-state index contributed by atoms with van der Waals surface area (Å²) in [5.41, 5.74) is 2.06. The standard InChI is InChI=1S/C27H37NO5.2H2O/c1-3-5-6-10-18-28(19-17-22-11-8-7-9-12-22)26(29)21-33-24-15-13-23(14-16-24)20-25(27(30)31)32-4-2;;/h7-9,11-16,25H,3-6,10,17-21H2,1-2H3,(H,30,31);2*1H2/t25-;;/m0../s1. The van der Waals surface area contributed by atoms with Gasteiger partial charge < -0.3 is 30.4 Å². The zero-order valence-corrected chi connectivity index (χ0v) is 20.9. The molecule has 0 spiro atoms. The lowest BCUT2D eigenvalue weighted by Gasteiger charge is -2.23. The van der Waals surface area contributed by atoms with Gasteiger partial charge in [-0.15, -0.1) is 0 Å². The molecule has 0 aromatic heterocycles. The molecule has 8 heteroatoms. The second kappa shape index (κ2) is 18.4. The Morgan fingerprint density at radius 3 is 2.17 bits per heavy atom. The largest absolute Gasteiger partial charge is 0.484 e. The van der Waals surface area contributed by atoms with E-state index in [4.69, 9.17) is 9.47 Å². The van der Waals surface area contributed by atoms with Gasteiger partial charge in [-0.3, -0.25) is 4.79 Å². The van der Waals surface area contributed by atoms with Gasteiger partial charge in [-0.05, 0) is 43.0 Å². The van der Waals surface area contributed by atoms with Gasteiger partial charge in [0, 0.05) is 26.1 Å². The molecule has 1 amide bonds. The maximum absolute atomic E-state index is 12.9. The van der Waals surface area contributed by atoms with Crippen LogP contribution in [0.15, 0.2) is 54.6 Å². The normalized spacial score (nSPS) is 11.0. The highest BCUT2D eigenvalue weighted by atomic mass is 16.5. The van der Waals surface area contributed by atoms with E-state index in [1.807, 2.05) is 35.2 Å². The summed E-state index contributed by atoms with van der Waals surface area (Å²) in [7, 11) is 0. The van der Waals surface area contributed by atoms with Crippen molar-refractivity contribution >= 4 is 11.9 Å². The summed E-state index contributed by atoms with van der Waals surface area (Å²) in [5, 5.41) is 9.23. The fraction of sp³-hybridized carbons (Fsp3) is 0.481. The van der Waals surface area contributed by atoms with Crippen LogP contribution in [0.2, 0.25) is 0 Å². The number of carbonyl (C=O) groups is 2. The Hall–Kier alpha value is -2.94. The minimum atomic E-state index is -0.975. The summed E-state index contributed by atoms with van der Waals surface area (Å²) in [5.74, 6) is -0.407. The molecular formula is C27H41NO7. The quantitative estimate of drug-likeness (QED) is 0.359. The first kappa shape index (κ1) is 32.1. The molecule has 0 aliphatic heterocycles. The van der Waals surface area contributed by atoms with Gasteiger partial charge >= 0.3 is 5.97 Å². The third kappa shape index (κ3) is 12.4. The maximum Gasteiger partial charge on any atom is 0.333 e. The highest BCUT2D eigenvalue weighted by molar-refractivity contribution is 5.77. The summed E-state index contributed by atoms with van der Waals surface area (Å²) in [6, 6.07) is 17.3. The van der Waals surface area contributed by atoms with E-state index in [9.17, 15) is 14.7 Å². The predicted molar refractivity (Wildman–Crippen MR) is 137 cm³/mol. The highest BCUT2D eigenvalue weighted by Gasteiger charge is 2.18. The number of hydrogen-bond donors (Lipinski definition) is 1. The van der Waals surface area contributed by atoms with E-state index in [1.165, 1.54) is 12.0 Å². The molecule has 5 N–H and O–H groups in total. The van der Waals surface area contributed by atoms with Crippen molar-refractivity contribution in [3.63, 3.8) is 0 Å². The van der Waals surface area contributed by atoms with E-state index in [-0.39, 0.29) is 29.9 Å². The molecule has 2 rings (SSSR count). The molecule has 0 saturated carbocycles. The van der Waals surface area contributed by atoms with Gasteiger partial charge in [0.2, 0.25) is 0 Å². The lowest BCUT2D eigenvalue weighted by atomic mass is 10.1. The number of carbonyl (C=O) groups excluding carboxylic acids is 1.